The normalized spacial score (nSPS) is 15.0. The number of non-ortho nitro benzene ring substituents is 1. The predicted molar refractivity (Wildman–Crippen MR) is 115 cm³/mol. The average molecular weight is 436 g/mol. The number of allylic oxidation sites excluding steroid dienone is 1. The molecule has 1 unspecified atom stereocenters. The number of ether oxygens (including phenoxy) is 2. The first-order valence-corrected chi connectivity index (χ1v) is 9.55. The highest BCUT2D eigenvalue weighted by molar-refractivity contribution is 5.95. The second-order valence-corrected chi connectivity index (χ2v) is 7.05. The summed E-state index contributed by atoms with van der Waals surface area (Å²) in [6.45, 7) is 1.73. The number of hydrogen-bond donors (Lipinski definition) is 2. The van der Waals surface area contributed by atoms with E-state index in [1.807, 2.05) is 0 Å². The van der Waals surface area contributed by atoms with E-state index in [2.05, 4.69) is 15.4 Å². The molecular formula is C21H20N6O5. The van der Waals surface area contributed by atoms with Gasteiger partial charge in [0.25, 0.3) is 5.69 Å². The molecule has 11 nitrogen and oxygen atoms in total. The number of nitrogens with one attached hydrogen (secondary N) is 1. The molecule has 1 atom stereocenters. The Bertz CT molecular complexity index is 1250. The standard InChI is InChI=1S/C21H20N6O5/c1-11-17(19(22)28)18(15-10-14(31-2)8-9-16(15)32-3)26-21(23-11)24-20(25-26)12-4-6-13(7-5-12)27(29)30/h4-10,18H,1-3H3,(H2,22,28)(H,23,24,25). The molecule has 11 heteroatoms. The quantitative estimate of drug-likeness (QED) is 0.443. The van der Waals surface area contributed by atoms with Crippen LogP contribution < -0.4 is 20.5 Å². The van der Waals surface area contributed by atoms with Crippen LogP contribution in [0.4, 0.5) is 11.6 Å². The van der Waals surface area contributed by atoms with Crippen LogP contribution >= 0.6 is 0 Å². The van der Waals surface area contributed by atoms with Gasteiger partial charge < -0.3 is 20.5 Å². The van der Waals surface area contributed by atoms with Crippen molar-refractivity contribution >= 4 is 17.5 Å². The number of nitrogens with zero attached hydrogens (tertiary/aromatic N) is 4. The van der Waals surface area contributed by atoms with Gasteiger partial charge in [0, 0.05) is 29.0 Å². The monoisotopic (exact) mass is 436 g/mol. The van der Waals surface area contributed by atoms with E-state index in [1.54, 1.807) is 41.9 Å². The highest BCUT2D eigenvalue weighted by Crippen LogP contribution is 2.41. The lowest BCUT2D eigenvalue weighted by molar-refractivity contribution is -0.384. The van der Waals surface area contributed by atoms with E-state index in [0.29, 0.717) is 45.7 Å². The van der Waals surface area contributed by atoms with Gasteiger partial charge >= 0.3 is 0 Å². The Morgan fingerprint density at radius 2 is 1.91 bits per heavy atom. The molecule has 0 aliphatic carbocycles. The number of nitrogens with two attached hydrogens (primary N) is 1. The van der Waals surface area contributed by atoms with Gasteiger partial charge in [-0.2, -0.15) is 4.98 Å². The van der Waals surface area contributed by atoms with Gasteiger partial charge in [0.1, 0.15) is 17.5 Å². The molecule has 0 spiro atoms. The van der Waals surface area contributed by atoms with Crippen molar-refractivity contribution in [3.63, 3.8) is 0 Å². The summed E-state index contributed by atoms with van der Waals surface area (Å²) in [6.07, 6.45) is 0. The van der Waals surface area contributed by atoms with Gasteiger partial charge in [-0.15, -0.1) is 5.10 Å². The number of aromatic nitrogens is 3. The third-order valence-corrected chi connectivity index (χ3v) is 5.19. The molecule has 0 fully saturated rings. The largest absolute Gasteiger partial charge is 0.497 e. The summed E-state index contributed by atoms with van der Waals surface area (Å²) >= 11 is 0. The summed E-state index contributed by atoms with van der Waals surface area (Å²) in [4.78, 5) is 27.4. The minimum Gasteiger partial charge on any atom is -0.497 e. The number of amides is 1. The molecule has 1 aliphatic rings. The van der Waals surface area contributed by atoms with E-state index in [-0.39, 0.29) is 5.69 Å². The number of hydrogen-bond acceptors (Lipinski definition) is 8. The number of carbonyl (C=O) groups is 1. The van der Waals surface area contributed by atoms with E-state index >= 15 is 0 Å². The van der Waals surface area contributed by atoms with Crippen molar-refractivity contribution < 1.29 is 19.2 Å². The molecule has 0 radical (unpaired) electrons. The van der Waals surface area contributed by atoms with Gasteiger partial charge in [0.15, 0.2) is 5.82 Å². The Morgan fingerprint density at radius 1 is 1.19 bits per heavy atom. The first-order chi connectivity index (χ1) is 15.3. The lowest BCUT2D eigenvalue weighted by Gasteiger charge is -2.28. The molecule has 0 bridgehead atoms. The molecule has 32 heavy (non-hydrogen) atoms. The van der Waals surface area contributed by atoms with Crippen molar-refractivity contribution in [1.29, 1.82) is 0 Å². The molecule has 0 saturated heterocycles. The fraction of sp³-hybridized carbons (Fsp3) is 0.190. The number of rotatable bonds is 6. The van der Waals surface area contributed by atoms with Crippen molar-refractivity contribution in [2.75, 3.05) is 19.5 Å². The summed E-state index contributed by atoms with van der Waals surface area (Å²) in [7, 11) is 3.06. The number of carbonyl (C=O) groups excluding carboxylic acids is 1. The van der Waals surface area contributed by atoms with Gasteiger partial charge in [-0.1, -0.05) is 0 Å². The molecule has 4 rings (SSSR count). The Labute approximate surface area is 182 Å². The SMILES string of the molecule is COc1ccc(OC)c(C2C(C(N)=O)=C(C)Nc3nc(-c4ccc([N+](=O)[O-])cc4)nn32)c1. The summed E-state index contributed by atoms with van der Waals surface area (Å²) in [5, 5.41) is 18.6. The van der Waals surface area contributed by atoms with Crippen molar-refractivity contribution in [2.45, 2.75) is 13.0 Å². The van der Waals surface area contributed by atoms with Crippen LogP contribution in [0.3, 0.4) is 0 Å². The maximum Gasteiger partial charge on any atom is 0.269 e. The fourth-order valence-electron chi connectivity index (χ4n) is 3.67. The molecule has 1 aromatic heterocycles. The van der Waals surface area contributed by atoms with Crippen LogP contribution in [0.5, 0.6) is 11.5 Å². The number of fused-ring (bicyclic) bond motifs is 1. The smallest absolute Gasteiger partial charge is 0.269 e. The Balaban J connectivity index is 1.89. The molecule has 164 valence electrons. The Kier molecular flexibility index (Phi) is 5.23. The van der Waals surface area contributed by atoms with Crippen LogP contribution in [-0.2, 0) is 4.79 Å². The van der Waals surface area contributed by atoms with Gasteiger partial charge in [-0.3, -0.25) is 14.9 Å². The topological polar surface area (TPSA) is 147 Å². The molecule has 0 saturated carbocycles. The van der Waals surface area contributed by atoms with E-state index in [4.69, 9.17) is 15.2 Å². The Morgan fingerprint density at radius 3 is 2.50 bits per heavy atom. The minimum absolute atomic E-state index is 0.0385. The molecule has 1 aliphatic heterocycles. The zero-order chi connectivity index (χ0) is 23.0. The van der Waals surface area contributed by atoms with Gasteiger partial charge in [0.05, 0.1) is 24.7 Å². The highest BCUT2D eigenvalue weighted by Gasteiger charge is 2.35. The van der Waals surface area contributed by atoms with Crippen LogP contribution in [-0.4, -0.2) is 39.8 Å². The number of benzene rings is 2. The van der Waals surface area contributed by atoms with Crippen molar-refractivity contribution in [3.8, 4) is 22.9 Å². The number of anilines is 1. The zero-order valence-electron chi connectivity index (χ0n) is 17.5. The first kappa shape index (κ1) is 20.8. The van der Waals surface area contributed by atoms with E-state index in [0.717, 1.165) is 0 Å². The lowest BCUT2D eigenvalue weighted by Crippen LogP contribution is -2.32. The summed E-state index contributed by atoms with van der Waals surface area (Å²) < 4.78 is 12.4. The predicted octanol–water partition coefficient (Wildman–Crippen LogP) is 2.64. The van der Waals surface area contributed by atoms with Crippen molar-refractivity contribution in [3.05, 3.63) is 69.4 Å². The zero-order valence-corrected chi connectivity index (χ0v) is 17.5. The fourth-order valence-corrected chi connectivity index (χ4v) is 3.67. The molecule has 1 amide bonds. The summed E-state index contributed by atoms with van der Waals surface area (Å²) in [5.41, 5.74) is 7.71. The van der Waals surface area contributed by atoms with Crippen LogP contribution in [0, 0.1) is 10.1 Å². The van der Waals surface area contributed by atoms with Crippen molar-refractivity contribution in [1.82, 2.24) is 14.8 Å². The first-order valence-electron chi connectivity index (χ1n) is 9.55. The summed E-state index contributed by atoms with van der Waals surface area (Å²) in [5.74, 6) is 1.17. The molecular weight excluding hydrogens is 416 g/mol. The molecule has 3 aromatic rings. The Hall–Kier alpha value is -4.41. The lowest BCUT2D eigenvalue weighted by atomic mass is 9.94. The summed E-state index contributed by atoms with van der Waals surface area (Å²) in [6, 6.07) is 10.4. The second kappa shape index (κ2) is 8.02. The maximum absolute atomic E-state index is 12.4. The van der Waals surface area contributed by atoms with Gasteiger partial charge in [-0.25, -0.2) is 4.68 Å². The molecule has 2 heterocycles. The third-order valence-electron chi connectivity index (χ3n) is 5.19. The van der Waals surface area contributed by atoms with E-state index in [9.17, 15) is 14.9 Å². The third kappa shape index (κ3) is 3.49. The van der Waals surface area contributed by atoms with Crippen LogP contribution in [0.1, 0.15) is 18.5 Å². The number of primary amides is 1. The van der Waals surface area contributed by atoms with Gasteiger partial charge in [-0.05, 0) is 37.3 Å². The van der Waals surface area contributed by atoms with Crippen molar-refractivity contribution in [2.24, 2.45) is 5.73 Å². The van der Waals surface area contributed by atoms with Crippen LogP contribution in [0.2, 0.25) is 0 Å². The second-order valence-electron chi connectivity index (χ2n) is 7.05. The van der Waals surface area contributed by atoms with Crippen LogP contribution in [0.15, 0.2) is 53.7 Å². The van der Waals surface area contributed by atoms with Gasteiger partial charge in [0.2, 0.25) is 11.9 Å². The molecule has 2 aromatic carbocycles. The number of nitro groups is 1. The maximum atomic E-state index is 12.4. The minimum atomic E-state index is -0.729. The average Bonchev–Trinajstić information content (AvgIpc) is 3.21. The molecule has 3 N–H and O–H groups in total. The van der Waals surface area contributed by atoms with E-state index in [1.165, 1.54) is 26.4 Å². The highest BCUT2D eigenvalue weighted by atomic mass is 16.6. The number of nitro benzene ring substituents is 1. The van der Waals surface area contributed by atoms with Crippen LogP contribution in [0.25, 0.3) is 11.4 Å². The number of methoxy groups -OCH3 is 2. The van der Waals surface area contributed by atoms with E-state index < -0.39 is 16.9 Å².